The van der Waals surface area contributed by atoms with Gasteiger partial charge in [0.05, 0.1) is 11.2 Å². The van der Waals surface area contributed by atoms with Gasteiger partial charge in [0.1, 0.15) is 0 Å². The van der Waals surface area contributed by atoms with Gasteiger partial charge < -0.3 is 20.4 Å². The van der Waals surface area contributed by atoms with Gasteiger partial charge in [-0.3, -0.25) is 0 Å². The summed E-state index contributed by atoms with van der Waals surface area (Å²) in [6, 6.07) is 8.04. The number of nitrogens with two attached hydrogens (primary N) is 1. The molecule has 5 heteroatoms. The van der Waals surface area contributed by atoms with E-state index in [9.17, 15) is 0 Å². The molecule has 1 aliphatic heterocycles. The average molecular weight is 262 g/mol. The molecule has 104 valence electrons. The molecule has 4 nitrogen and oxygen atoms in total. The highest BCUT2D eigenvalue weighted by molar-refractivity contribution is 6.63. The second kappa shape index (κ2) is 5.15. The summed E-state index contributed by atoms with van der Waals surface area (Å²) in [6.07, 6.45) is 0. The van der Waals surface area contributed by atoms with Gasteiger partial charge in [0.15, 0.2) is 0 Å². The van der Waals surface area contributed by atoms with E-state index in [1.165, 1.54) is 0 Å². The molecule has 0 radical (unpaired) electrons. The lowest BCUT2D eigenvalue weighted by atomic mass is 9.78. The minimum absolute atomic E-state index is 0.321. The SMILES string of the molecule is CC1(C)OB(c2ccccc2NCCN)OC1(C)C. The zero-order chi connectivity index (χ0) is 14.1. The average Bonchev–Trinajstić information content (AvgIpc) is 2.56. The highest BCUT2D eigenvalue weighted by Crippen LogP contribution is 2.36. The van der Waals surface area contributed by atoms with Crippen LogP contribution in [-0.2, 0) is 9.31 Å². The molecule has 1 aromatic carbocycles. The fourth-order valence-electron chi connectivity index (χ4n) is 2.04. The topological polar surface area (TPSA) is 56.5 Å². The fraction of sp³-hybridized carbons (Fsp3) is 0.571. The molecule has 0 atom stereocenters. The predicted octanol–water partition coefficient (Wildman–Crippen LogP) is 1.36. The Morgan fingerprint density at radius 3 is 2.26 bits per heavy atom. The first-order valence-electron chi connectivity index (χ1n) is 6.76. The Morgan fingerprint density at radius 2 is 1.68 bits per heavy atom. The quantitative estimate of drug-likeness (QED) is 0.804. The Kier molecular flexibility index (Phi) is 3.90. The molecule has 3 N–H and O–H groups in total. The van der Waals surface area contributed by atoms with Crippen molar-refractivity contribution in [1.82, 2.24) is 0 Å². The summed E-state index contributed by atoms with van der Waals surface area (Å²) in [5, 5.41) is 3.31. The maximum atomic E-state index is 6.08. The molecule has 0 spiro atoms. The minimum Gasteiger partial charge on any atom is -0.399 e. The van der Waals surface area contributed by atoms with Crippen LogP contribution in [0.1, 0.15) is 27.7 Å². The van der Waals surface area contributed by atoms with Gasteiger partial charge in [-0.25, -0.2) is 0 Å². The van der Waals surface area contributed by atoms with E-state index >= 15 is 0 Å². The Balaban J connectivity index is 2.24. The molecule has 1 fully saturated rings. The van der Waals surface area contributed by atoms with Gasteiger partial charge >= 0.3 is 7.12 Å². The first-order chi connectivity index (χ1) is 8.87. The van der Waals surface area contributed by atoms with E-state index in [0.29, 0.717) is 6.54 Å². The lowest BCUT2D eigenvalue weighted by molar-refractivity contribution is 0.00578. The number of nitrogens with one attached hydrogen (secondary N) is 1. The van der Waals surface area contributed by atoms with E-state index < -0.39 is 0 Å². The van der Waals surface area contributed by atoms with Crippen LogP contribution < -0.4 is 16.5 Å². The smallest absolute Gasteiger partial charge is 0.399 e. The van der Waals surface area contributed by atoms with Gasteiger partial charge in [-0.2, -0.15) is 0 Å². The molecule has 0 amide bonds. The van der Waals surface area contributed by atoms with E-state index in [1.54, 1.807) is 0 Å². The summed E-state index contributed by atoms with van der Waals surface area (Å²) >= 11 is 0. The predicted molar refractivity (Wildman–Crippen MR) is 79.7 cm³/mol. The van der Waals surface area contributed by atoms with E-state index in [-0.39, 0.29) is 18.3 Å². The third-order valence-corrected chi connectivity index (χ3v) is 3.93. The molecule has 0 saturated carbocycles. The van der Waals surface area contributed by atoms with Gasteiger partial charge in [0.2, 0.25) is 0 Å². The maximum absolute atomic E-state index is 6.08. The van der Waals surface area contributed by atoms with Gasteiger partial charge in [-0.05, 0) is 33.8 Å². The standard InChI is InChI=1S/C14H23BN2O2/c1-13(2)14(3,4)19-15(18-13)11-7-5-6-8-12(11)17-10-9-16/h5-8,17H,9-10,16H2,1-4H3. The maximum Gasteiger partial charge on any atom is 0.496 e. The molecule has 1 heterocycles. The van der Waals surface area contributed by atoms with E-state index in [1.807, 2.05) is 24.3 Å². The van der Waals surface area contributed by atoms with Crippen LogP contribution in [0.15, 0.2) is 24.3 Å². The van der Waals surface area contributed by atoms with Crippen molar-refractivity contribution < 1.29 is 9.31 Å². The van der Waals surface area contributed by atoms with Crippen molar-refractivity contribution in [3.05, 3.63) is 24.3 Å². The monoisotopic (exact) mass is 262 g/mol. The summed E-state index contributed by atoms with van der Waals surface area (Å²) in [6.45, 7) is 9.56. The summed E-state index contributed by atoms with van der Waals surface area (Å²) in [4.78, 5) is 0. The van der Waals surface area contributed by atoms with Crippen molar-refractivity contribution in [2.24, 2.45) is 5.73 Å². The third-order valence-electron chi connectivity index (χ3n) is 3.93. The third kappa shape index (κ3) is 2.78. The van der Waals surface area contributed by atoms with Crippen LogP contribution in [0.25, 0.3) is 0 Å². The van der Waals surface area contributed by atoms with Gasteiger partial charge in [0.25, 0.3) is 0 Å². The molecule has 1 saturated heterocycles. The van der Waals surface area contributed by atoms with Gasteiger partial charge in [-0.15, -0.1) is 0 Å². The minimum atomic E-state index is -0.341. The lowest BCUT2D eigenvalue weighted by Crippen LogP contribution is -2.41. The summed E-state index contributed by atoms with van der Waals surface area (Å²) in [5.41, 5.74) is 6.94. The van der Waals surface area contributed by atoms with Gasteiger partial charge in [-0.1, -0.05) is 18.2 Å². The molecule has 0 aromatic heterocycles. The van der Waals surface area contributed by atoms with E-state index in [2.05, 4.69) is 33.0 Å². The summed E-state index contributed by atoms with van der Waals surface area (Å²) in [7, 11) is -0.341. The Labute approximate surface area is 115 Å². The first kappa shape index (κ1) is 14.4. The molecule has 0 aliphatic carbocycles. The van der Waals surface area contributed by atoms with Gasteiger partial charge in [0, 0.05) is 24.2 Å². The number of anilines is 1. The largest absolute Gasteiger partial charge is 0.496 e. The van der Waals surface area contributed by atoms with Crippen LogP contribution in [0.5, 0.6) is 0 Å². The van der Waals surface area contributed by atoms with Crippen LogP contribution in [0.2, 0.25) is 0 Å². The molecular weight excluding hydrogens is 239 g/mol. The molecule has 19 heavy (non-hydrogen) atoms. The number of hydrogen-bond acceptors (Lipinski definition) is 4. The number of para-hydroxylation sites is 1. The van der Waals surface area contributed by atoms with Crippen LogP contribution in [0.3, 0.4) is 0 Å². The number of hydrogen-bond donors (Lipinski definition) is 2. The van der Waals surface area contributed by atoms with Crippen molar-refractivity contribution in [1.29, 1.82) is 0 Å². The highest BCUT2D eigenvalue weighted by atomic mass is 16.7. The van der Waals surface area contributed by atoms with Crippen molar-refractivity contribution in [2.45, 2.75) is 38.9 Å². The normalized spacial score (nSPS) is 20.6. The van der Waals surface area contributed by atoms with Crippen LogP contribution >= 0.6 is 0 Å². The van der Waals surface area contributed by atoms with Crippen LogP contribution in [-0.4, -0.2) is 31.4 Å². The molecule has 1 aromatic rings. The summed E-state index contributed by atoms with van der Waals surface area (Å²) in [5.74, 6) is 0. The van der Waals surface area contributed by atoms with Crippen molar-refractivity contribution in [2.75, 3.05) is 18.4 Å². The molecule has 2 rings (SSSR count). The zero-order valence-electron chi connectivity index (χ0n) is 12.2. The second-order valence-electron chi connectivity index (χ2n) is 5.89. The molecule has 0 unspecified atom stereocenters. The second-order valence-corrected chi connectivity index (χ2v) is 5.89. The van der Waals surface area contributed by atoms with Crippen LogP contribution in [0.4, 0.5) is 5.69 Å². The Morgan fingerprint density at radius 1 is 1.11 bits per heavy atom. The molecule has 1 aliphatic rings. The number of benzene rings is 1. The number of rotatable bonds is 4. The fourth-order valence-corrected chi connectivity index (χ4v) is 2.04. The first-order valence-corrected chi connectivity index (χ1v) is 6.76. The highest BCUT2D eigenvalue weighted by Gasteiger charge is 2.52. The Bertz CT molecular complexity index is 433. The summed E-state index contributed by atoms with van der Waals surface area (Å²) < 4.78 is 12.2. The van der Waals surface area contributed by atoms with Crippen LogP contribution in [0, 0.1) is 0 Å². The molecular formula is C14H23BN2O2. The zero-order valence-corrected chi connectivity index (χ0v) is 12.2. The van der Waals surface area contributed by atoms with Crippen molar-refractivity contribution in [3.63, 3.8) is 0 Å². The Hall–Kier alpha value is -1.04. The molecule has 0 bridgehead atoms. The van der Waals surface area contributed by atoms with E-state index in [0.717, 1.165) is 17.7 Å². The lowest BCUT2D eigenvalue weighted by Gasteiger charge is -2.32. The van der Waals surface area contributed by atoms with Crippen molar-refractivity contribution in [3.8, 4) is 0 Å². The van der Waals surface area contributed by atoms with Crippen molar-refractivity contribution >= 4 is 18.3 Å². The van der Waals surface area contributed by atoms with E-state index in [4.69, 9.17) is 15.0 Å².